The van der Waals surface area contributed by atoms with Crippen LogP contribution in [0.3, 0.4) is 0 Å². The molecule has 1 saturated heterocycles. The fraction of sp³-hybridized carbons (Fsp3) is 0.286. The molecule has 1 aromatic heterocycles. The van der Waals surface area contributed by atoms with E-state index in [1.165, 1.54) is 12.1 Å². The highest BCUT2D eigenvalue weighted by Crippen LogP contribution is 2.17. The van der Waals surface area contributed by atoms with E-state index < -0.39 is 6.29 Å². The van der Waals surface area contributed by atoms with Crippen molar-refractivity contribution >= 4 is 0 Å². The molecule has 0 N–H and O–H groups in total. The fourth-order valence-corrected chi connectivity index (χ4v) is 2.44. The highest BCUT2D eigenvalue weighted by Gasteiger charge is 2.18. The third kappa shape index (κ3) is 4.99. The highest BCUT2D eigenvalue weighted by molar-refractivity contribution is 5.59. The largest absolute Gasteiger partial charge is 0.341 e. The summed E-state index contributed by atoms with van der Waals surface area (Å²) in [4.78, 5) is 4.37. The number of allylic oxidation sites excluding steroid dienone is 1. The summed E-state index contributed by atoms with van der Waals surface area (Å²) in [5.41, 5.74) is 2.43. The number of rotatable bonds is 3. The molecule has 3 rings (SSSR count). The monoisotopic (exact) mass is 337 g/mol. The van der Waals surface area contributed by atoms with Crippen LogP contribution < -0.4 is 0 Å². The molecule has 0 spiro atoms. The van der Waals surface area contributed by atoms with E-state index in [1.807, 2.05) is 12.1 Å². The predicted molar refractivity (Wildman–Crippen MR) is 95.1 cm³/mol. The van der Waals surface area contributed by atoms with Gasteiger partial charge in [-0.3, -0.25) is 4.98 Å². The van der Waals surface area contributed by atoms with Gasteiger partial charge in [-0.25, -0.2) is 4.39 Å². The van der Waals surface area contributed by atoms with Gasteiger partial charge < -0.3 is 9.47 Å². The van der Waals surface area contributed by atoms with E-state index in [0.717, 1.165) is 23.2 Å². The van der Waals surface area contributed by atoms with Crippen LogP contribution in [0.5, 0.6) is 0 Å². The van der Waals surface area contributed by atoms with Gasteiger partial charge in [0, 0.05) is 23.2 Å². The molecule has 0 bridgehead atoms. The maximum atomic E-state index is 13.0. The first kappa shape index (κ1) is 17.3. The van der Waals surface area contributed by atoms with E-state index in [2.05, 4.69) is 35.9 Å². The zero-order chi connectivity index (χ0) is 17.5. The second-order valence-corrected chi connectivity index (χ2v) is 5.80. The maximum absolute atomic E-state index is 13.0. The van der Waals surface area contributed by atoms with E-state index in [-0.39, 0.29) is 5.82 Å². The molecule has 2 aromatic rings. The van der Waals surface area contributed by atoms with Crippen molar-refractivity contribution in [2.24, 2.45) is 5.92 Å². The number of aromatic nitrogens is 1. The number of hydrogen-bond donors (Lipinski definition) is 0. The van der Waals surface area contributed by atoms with Crippen molar-refractivity contribution in [3.63, 3.8) is 0 Å². The van der Waals surface area contributed by atoms with Crippen LogP contribution in [0.25, 0.3) is 11.3 Å². The number of halogens is 1. The Morgan fingerprint density at radius 1 is 1.16 bits per heavy atom. The van der Waals surface area contributed by atoms with Crippen molar-refractivity contribution in [3.05, 3.63) is 66.1 Å². The third-order valence-electron chi connectivity index (χ3n) is 3.81. The van der Waals surface area contributed by atoms with Crippen molar-refractivity contribution in [2.75, 3.05) is 13.2 Å². The first-order valence-corrected chi connectivity index (χ1v) is 8.38. The minimum Gasteiger partial charge on any atom is -0.341 e. The summed E-state index contributed by atoms with van der Waals surface area (Å²) >= 11 is 0. The first-order valence-electron chi connectivity index (χ1n) is 8.38. The number of ether oxygens (including phenoxy) is 2. The van der Waals surface area contributed by atoms with Crippen LogP contribution >= 0.6 is 0 Å². The average molecular weight is 337 g/mol. The summed E-state index contributed by atoms with van der Waals surface area (Å²) in [6, 6.07) is 10.0. The smallest absolute Gasteiger partial charge is 0.222 e. The van der Waals surface area contributed by atoms with Crippen molar-refractivity contribution in [3.8, 4) is 23.1 Å². The molecule has 0 aliphatic carbocycles. The summed E-state index contributed by atoms with van der Waals surface area (Å²) < 4.78 is 24.2. The Balaban J connectivity index is 1.58. The molecule has 2 heterocycles. The van der Waals surface area contributed by atoms with Gasteiger partial charge in [0.2, 0.25) is 6.29 Å². The highest BCUT2D eigenvalue weighted by atomic mass is 19.1. The van der Waals surface area contributed by atoms with Crippen LogP contribution in [0.4, 0.5) is 4.39 Å². The molecule has 0 radical (unpaired) electrons. The number of nitrogens with zero attached hydrogens (tertiary/aromatic N) is 1. The summed E-state index contributed by atoms with van der Waals surface area (Å²) in [5, 5.41) is 0. The molecule has 1 aromatic carbocycles. The van der Waals surface area contributed by atoms with E-state index in [9.17, 15) is 4.39 Å². The number of hydrogen-bond acceptors (Lipinski definition) is 3. The van der Waals surface area contributed by atoms with E-state index in [0.29, 0.717) is 19.1 Å². The summed E-state index contributed by atoms with van der Waals surface area (Å²) in [5.74, 6) is 6.04. The van der Waals surface area contributed by atoms with Crippen molar-refractivity contribution in [2.45, 2.75) is 19.6 Å². The lowest BCUT2D eigenvalue weighted by atomic mass is 10.1. The van der Waals surface area contributed by atoms with Crippen molar-refractivity contribution < 1.29 is 13.9 Å². The van der Waals surface area contributed by atoms with Crippen molar-refractivity contribution in [1.82, 2.24) is 4.98 Å². The fourth-order valence-electron chi connectivity index (χ4n) is 2.44. The molecule has 3 nitrogen and oxygen atoms in total. The second-order valence-electron chi connectivity index (χ2n) is 5.80. The normalized spacial score (nSPS) is 20.2. The number of benzene rings is 1. The average Bonchev–Trinajstić information content (AvgIpc) is 2.67. The van der Waals surface area contributed by atoms with Gasteiger partial charge in [-0.1, -0.05) is 25.0 Å². The van der Waals surface area contributed by atoms with Gasteiger partial charge in [-0.05, 0) is 48.7 Å². The zero-order valence-electron chi connectivity index (χ0n) is 14.1. The maximum Gasteiger partial charge on any atom is 0.222 e. The molecule has 1 aliphatic heterocycles. The molecule has 0 unspecified atom stereocenters. The third-order valence-corrected chi connectivity index (χ3v) is 3.81. The standard InChI is InChI=1S/C21H20FNO2/c1-2-3-4-17-14-24-21(25-15-17)12-6-16-5-11-20(23-13-16)18-7-9-19(22)10-8-18/h3-5,7-11,13,17,21H,2,14-15H2,1H3/b4-3+/t17-,21-. The van der Waals surface area contributed by atoms with Gasteiger partial charge in [0.05, 0.1) is 18.9 Å². The van der Waals surface area contributed by atoms with Crippen LogP contribution in [0, 0.1) is 23.6 Å². The topological polar surface area (TPSA) is 31.4 Å². The summed E-state index contributed by atoms with van der Waals surface area (Å²) in [7, 11) is 0. The Hall–Kier alpha value is -2.48. The minimum atomic E-state index is -0.497. The molecule has 1 fully saturated rings. The molecule has 0 amide bonds. The van der Waals surface area contributed by atoms with Crippen LogP contribution in [-0.2, 0) is 9.47 Å². The molecular weight excluding hydrogens is 317 g/mol. The first-order chi connectivity index (χ1) is 12.2. The van der Waals surface area contributed by atoms with Crippen molar-refractivity contribution in [1.29, 1.82) is 0 Å². The molecular formula is C21H20FNO2. The van der Waals surface area contributed by atoms with Gasteiger partial charge in [-0.15, -0.1) is 0 Å². The Bertz CT molecular complexity index is 764. The Labute approximate surface area is 147 Å². The van der Waals surface area contributed by atoms with Crippen LogP contribution in [0.15, 0.2) is 54.7 Å². The molecule has 0 atom stereocenters. The Morgan fingerprint density at radius 3 is 2.56 bits per heavy atom. The van der Waals surface area contributed by atoms with Gasteiger partial charge >= 0.3 is 0 Å². The van der Waals surface area contributed by atoms with Crippen LogP contribution in [0.1, 0.15) is 18.9 Å². The zero-order valence-corrected chi connectivity index (χ0v) is 14.1. The SMILES string of the molecule is CC/C=C/[C@H]1CO[C@H](C#Cc2ccc(-c3ccc(F)cc3)nc2)OC1. The van der Waals surface area contributed by atoms with Gasteiger partial charge in [-0.2, -0.15) is 0 Å². The molecule has 0 saturated carbocycles. The molecule has 25 heavy (non-hydrogen) atoms. The molecule has 1 aliphatic rings. The second kappa shape index (κ2) is 8.57. The van der Waals surface area contributed by atoms with Gasteiger partial charge in [0.25, 0.3) is 0 Å². The lowest BCUT2D eigenvalue weighted by Crippen LogP contribution is -2.30. The molecule has 4 heteroatoms. The minimum absolute atomic E-state index is 0.258. The van der Waals surface area contributed by atoms with Gasteiger partial charge in [0.15, 0.2) is 0 Å². The number of pyridine rings is 1. The van der Waals surface area contributed by atoms with E-state index in [4.69, 9.17) is 9.47 Å². The lowest BCUT2D eigenvalue weighted by Gasteiger charge is -2.24. The van der Waals surface area contributed by atoms with Crippen LogP contribution in [-0.4, -0.2) is 24.5 Å². The van der Waals surface area contributed by atoms with E-state index in [1.54, 1.807) is 18.3 Å². The predicted octanol–water partition coefficient (Wildman–Crippen LogP) is 4.19. The molecule has 128 valence electrons. The summed E-state index contributed by atoms with van der Waals surface area (Å²) in [6.45, 7) is 3.35. The van der Waals surface area contributed by atoms with Crippen LogP contribution in [0.2, 0.25) is 0 Å². The Morgan fingerprint density at radius 2 is 1.92 bits per heavy atom. The summed E-state index contributed by atoms with van der Waals surface area (Å²) in [6.07, 6.45) is 6.46. The van der Waals surface area contributed by atoms with Gasteiger partial charge in [0.1, 0.15) is 5.82 Å². The quantitative estimate of drug-likeness (QED) is 0.621. The Kier molecular flexibility index (Phi) is 5.95. The lowest BCUT2D eigenvalue weighted by molar-refractivity contribution is -0.160. The van der Waals surface area contributed by atoms with E-state index >= 15 is 0 Å².